The zero-order chi connectivity index (χ0) is 35.7. The van der Waals surface area contributed by atoms with Crippen molar-refractivity contribution in [2.24, 2.45) is 0 Å². The van der Waals surface area contributed by atoms with Gasteiger partial charge in [-0.15, -0.1) is 0 Å². The van der Waals surface area contributed by atoms with Crippen LogP contribution < -0.4 is 38.2 Å². The van der Waals surface area contributed by atoms with Crippen molar-refractivity contribution in [3.63, 3.8) is 0 Å². The molecule has 0 N–H and O–H groups in total. The summed E-state index contributed by atoms with van der Waals surface area (Å²) in [7, 11) is 9.71. The van der Waals surface area contributed by atoms with Crippen molar-refractivity contribution in [2.45, 2.75) is 6.42 Å². The van der Waals surface area contributed by atoms with E-state index in [-0.39, 0.29) is 0 Å². The normalized spacial score (nSPS) is 15.4. The van der Waals surface area contributed by atoms with Gasteiger partial charge in [-0.1, -0.05) is 0 Å². The number of aromatic nitrogens is 2. The molecule has 2 aromatic heterocycles. The minimum absolute atomic E-state index is 0.576. The molecule has 0 unspecified atom stereocenters. The highest BCUT2D eigenvalue weighted by Gasteiger charge is 2.21. The predicted octanol–water partition coefficient (Wildman–Crippen LogP) is 5.20. The lowest BCUT2D eigenvalue weighted by Crippen LogP contribution is -2.48. The van der Waals surface area contributed by atoms with Crippen LogP contribution in [-0.2, 0) is 0 Å². The number of methoxy groups -OCH3 is 6. The van der Waals surface area contributed by atoms with Crippen molar-refractivity contribution in [3.8, 4) is 57.0 Å². The van der Waals surface area contributed by atoms with Gasteiger partial charge in [-0.2, -0.15) is 0 Å². The molecule has 4 aromatic rings. The first-order valence-electron chi connectivity index (χ1n) is 17.5. The zero-order valence-corrected chi connectivity index (χ0v) is 30.7. The fourth-order valence-electron chi connectivity index (χ4n) is 6.92. The quantitative estimate of drug-likeness (QED) is 0.173. The zero-order valence-electron chi connectivity index (χ0n) is 30.7. The number of pyridine rings is 2. The first-order valence-corrected chi connectivity index (χ1v) is 17.5. The Morgan fingerprint density at radius 3 is 1.10 bits per heavy atom. The first-order chi connectivity index (χ1) is 25.0. The third-order valence-electron chi connectivity index (χ3n) is 9.84. The number of hydrogen-bond donors (Lipinski definition) is 0. The number of hydrogen-bond acceptors (Lipinski definition) is 12. The van der Waals surface area contributed by atoms with Gasteiger partial charge in [0.2, 0.25) is 11.5 Å². The van der Waals surface area contributed by atoms with Crippen LogP contribution >= 0.6 is 0 Å². The summed E-state index contributed by atoms with van der Waals surface area (Å²) in [5.41, 5.74) is 5.85. The second-order valence-corrected chi connectivity index (χ2v) is 12.6. The van der Waals surface area contributed by atoms with Gasteiger partial charge in [0.05, 0.1) is 77.8 Å². The monoisotopic (exact) mass is 698 g/mol. The highest BCUT2D eigenvalue weighted by Crippen LogP contribution is 2.42. The first kappa shape index (κ1) is 35.9. The summed E-state index contributed by atoms with van der Waals surface area (Å²) in [4.78, 5) is 19.6. The third kappa shape index (κ3) is 8.18. The number of rotatable bonds is 14. The van der Waals surface area contributed by atoms with Crippen molar-refractivity contribution < 1.29 is 28.4 Å². The van der Waals surface area contributed by atoms with Crippen LogP contribution in [0.4, 0.5) is 11.4 Å². The van der Waals surface area contributed by atoms with E-state index in [1.807, 2.05) is 36.7 Å². The average molecular weight is 699 g/mol. The molecule has 2 aromatic carbocycles. The number of piperazine rings is 2. The van der Waals surface area contributed by atoms with Gasteiger partial charge in [0.15, 0.2) is 23.0 Å². The number of ether oxygens (including phenoxy) is 6. The van der Waals surface area contributed by atoms with Crippen molar-refractivity contribution in [1.29, 1.82) is 0 Å². The fraction of sp³-hybridized carbons (Fsp3) is 0.436. The molecule has 0 amide bonds. The molecule has 12 heteroatoms. The third-order valence-corrected chi connectivity index (χ3v) is 9.84. The van der Waals surface area contributed by atoms with Crippen LogP contribution in [0.3, 0.4) is 0 Å². The summed E-state index contributed by atoms with van der Waals surface area (Å²) in [6, 6.07) is 16.1. The van der Waals surface area contributed by atoms with E-state index in [0.717, 1.165) is 99.3 Å². The van der Waals surface area contributed by atoms with E-state index in [1.54, 1.807) is 42.7 Å². The molecule has 51 heavy (non-hydrogen) atoms. The van der Waals surface area contributed by atoms with E-state index in [2.05, 4.69) is 43.9 Å². The molecular weight excluding hydrogens is 648 g/mol. The topological polar surface area (TPSA) is 94.1 Å². The Morgan fingerprint density at radius 1 is 0.471 bits per heavy atom. The molecule has 2 saturated heterocycles. The molecule has 0 spiro atoms. The Bertz CT molecular complexity index is 1540. The van der Waals surface area contributed by atoms with Crippen LogP contribution in [0, 0.1) is 0 Å². The van der Waals surface area contributed by atoms with Crippen LogP contribution in [0.2, 0.25) is 0 Å². The second-order valence-electron chi connectivity index (χ2n) is 12.6. The summed E-state index contributed by atoms with van der Waals surface area (Å²) < 4.78 is 33.0. The predicted molar refractivity (Wildman–Crippen MR) is 201 cm³/mol. The maximum absolute atomic E-state index is 5.52. The Labute approximate surface area is 301 Å². The smallest absolute Gasteiger partial charge is 0.203 e. The summed E-state index contributed by atoms with van der Waals surface area (Å²) in [6.07, 6.45) is 5.11. The highest BCUT2D eigenvalue weighted by atomic mass is 16.5. The number of benzene rings is 2. The molecule has 4 heterocycles. The molecule has 2 aliphatic rings. The van der Waals surface area contributed by atoms with Gasteiger partial charge in [-0.25, -0.2) is 0 Å². The maximum atomic E-state index is 5.52. The molecule has 2 aliphatic heterocycles. The highest BCUT2D eigenvalue weighted by molar-refractivity contribution is 5.71. The molecular formula is C39H50N6O6. The summed E-state index contributed by atoms with van der Waals surface area (Å²) in [5.74, 6) is 3.62. The second kappa shape index (κ2) is 16.8. The average Bonchev–Trinajstić information content (AvgIpc) is 3.20. The summed E-state index contributed by atoms with van der Waals surface area (Å²) in [5, 5.41) is 0. The SMILES string of the molecule is COc1cc(-c2ccc(N3CCN(CCCN4CCN(c5ccc(-c6cc(OC)c(OC)c(OC)c6)nc5)CC4)CC3)cn2)cc(OC)c1OC. The van der Waals surface area contributed by atoms with Gasteiger partial charge in [-0.3, -0.25) is 19.8 Å². The van der Waals surface area contributed by atoms with E-state index >= 15 is 0 Å². The Hall–Kier alpha value is -4.94. The van der Waals surface area contributed by atoms with E-state index in [0.29, 0.717) is 34.5 Å². The Kier molecular flexibility index (Phi) is 11.8. The molecule has 0 saturated carbocycles. The molecule has 272 valence electrons. The molecule has 0 atom stereocenters. The number of anilines is 2. The summed E-state index contributed by atoms with van der Waals surface area (Å²) in [6.45, 7) is 10.5. The lowest BCUT2D eigenvalue weighted by atomic mass is 10.1. The van der Waals surface area contributed by atoms with E-state index < -0.39 is 0 Å². The van der Waals surface area contributed by atoms with Crippen LogP contribution in [0.25, 0.3) is 22.5 Å². The van der Waals surface area contributed by atoms with Crippen LogP contribution in [0.5, 0.6) is 34.5 Å². The van der Waals surface area contributed by atoms with Crippen LogP contribution in [0.1, 0.15) is 6.42 Å². The van der Waals surface area contributed by atoms with Gasteiger partial charge in [0, 0.05) is 63.5 Å². The van der Waals surface area contributed by atoms with Gasteiger partial charge in [0.1, 0.15) is 0 Å². The standard InChI is InChI=1S/C39H50N6O6/c1-46-34-22-28(23-35(47-2)38(34)50-5)32-10-8-30(26-40-32)44-18-14-42(15-19-44)12-7-13-43-16-20-45(21-17-43)31-9-11-33(41-27-31)29-24-36(48-3)39(51-6)37(25-29)49-4/h8-11,22-27H,7,12-21H2,1-6H3. The van der Waals surface area contributed by atoms with Gasteiger partial charge in [-0.05, 0) is 68.0 Å². The Morgan fingerprint density at radius 2 is 0.824 bits per heavy atom. The molecule has 0 radical (unpaired) electrons. The minimum atomic E-state index is 0.576. The van der Waals surface area contributed by atoms with Crippen molar-refractivity contribution in [1.82, 2.24) is 19.8 Å². The van der Waals surface area contributed by atoms with Crippen molar-refractivity contribution in [3.05, 3.63) is 60.9 Å². The molecule has 6 rings (SSSR count). The van der Waals surface area contributed by atoms with Gasteiger partial charge >= 0.3 is 0 Å². The lowest BCUT2D eigenvalue weighted by Gasteiger charge is -2.38. The van der Waals surface area contributed by atoms with Crippen LogP contribution in [-0.4, -0.2) is 128 Å². The largest absolute Gasteiger partial charge is 0.493 e. The number of nitrogens with zero attached hydrogens (tertiary/aromatic N) is 6. The van der Waals surface area contributed by atoms with Crippen molar-refractivity contribution >= 4 is 11.4 Å². The fourth-order valence-corrected chi connectivity index (χ4v) is 6.92. The molecule has 12 nitrogen and oxygen atoms in total. The maximum Gasteiger partial charge on any atom is 0.203 e. The summed E-state index contributed by atoms with van der Waals surface area (Å²) >= 11 is 0. The Balaban J connectivity index is 0.929. The van der Waals surface area contributed by atoms with Gasteiger partial charge in [0.25, 0.3) is 0 Å². The van der Waals surface area contributed by atoms with E-state index in [9.17, 15) is 0 Å². The minimum Gasteiger partial charge on any atom is -0.493 e. The molecule has 2 fully saturated rings. The van der Waals surface area contributed by atoms with Crippen LogP contribution in [0.15, 0.2) is 60.9 Å². The molecule has 0 aliphatic carbocycles. The van der Waals surface area contributed by atoms with E-state index in [4.69, 9.17) is 38.4 Å². The molecule has 0 bridgehead atoms. The van der Waals surface area contributed by atoms with Gasteiger partial charge < -0.3 is 38.2 Å². The van der Waals surface area contributed by atoms with E-state index in [1.165, 1.54) is 6.42 Å². The lowest BCUT2D eigenvalue weighted by molar-refractivity contribution is 0.213. The van der Waals surface area contributed by atoms with Crippen molar-refractivity contribution in [2.75, 3.05) is 118 Å².